The third-order valence-corrected chi connectivity index (χ3v) is 6.41. The van der Waals surface area contributed by atoms with Crippen molar-refractivity contribution < 1.29 is 9.53 Å². The number of hydrogen-bond donors (Lipinski definition) is 1. The molecule has 1 amide bonds. The Morgan fingerprint density at radius 2 is 1.70 bits per heavy atom. The fourth-order valence-corrected chi connectivity index (χ4v) is 4.17. The van der Waals surface area contributed by atoms with E-state index in [1.54, 1.807) is 7.11 Å². The molecule has 0 spiro atoms. The predicted molar refractivity (Wildman–Crippen MR) is 133 cm³/mol. The number of anilines is 1. The number of carbonyl (C=O) groups is 1. The number of amides is 1. The van der Waals surface area contributed by atoms with Gasteiger partial charge in [0.2, 0.25) is 5.91 Å². The van der Waals surface area contributed by atoms with E-state index in [4.69, 9.17) is 4.74 Å². The number of methoxy groups -OCH3 is 1. The van der Waals surface area contributed by atoms with Crippen LogP contribution in [-0.4, -0.2) is 33.5 Å². The Labute approximate surface area is 198 Å². The van der Waals surface area contributed by atoms with E-state index in [0.29, 0.717) is 11.0 Å². The molecular weight excluding hydrogens is 432 g/mol. The van der Waals surface area contributed by atoms with E-state index in [1.807, 2.05) is 79.9 Å². The highest BCUT2D eigenvalue weighted by Gasteiger charge is 2.18. The maximum Gasteiger partial charge on any atom is 0.234 e. The fourth-order valence-electron chi connectivity index (χ4n) is 3.42. The summed E-state index contributed by atoms with van der Waals surface area (Å²) in [5.74, 6) is 1.62. The summed E-state index contributed by atoms with van der Waals surface area (Å²) in [6, 6.07) is 21.8. The van der Waals surface area contributed by atoms with Crippen molar-refractivity contribution in [3.05, 3.63) is 83.4 Å². The first-order chi connectivity index (χ1) is 16.0. The highest BCUT2D eigenvalue weighted by molar-refractivity contribution is 7.99. The summed E-state index contributed by atoms with van der Waals surface area (Å²) >= 11 is 1.36. The Hall–Kier alpha value is -3.58. The van der Waals surface area contributed by atoms with Crippen molar-refractivity contribution in [2.24, 2.45) is 0 Å². The van der Waals surface area contributed by atoms with Crippen LogP contribution < -0.4 is 10.1 Å². The zero-order chi connectivity index (χ0) is 23.4. The standard InChI is InChI=1S/C26H26N4O2S/c1-17-8-12-21(13-9-17)30-25(20-10-14-22(32-4)15-11-20)28-29-26(30)33-16-24(31)27-23-7-5-6-18(2)19(23)3/h5-15H,16H2,1-4H3,(H,27,31). The Balaban J connectivity index is 1.60. The third-order valence-electron chi connectivity index (χ3n) is 5.48. The number of nitrogens with one attached hydrogen (secondary N) is 1. The number of carbonyl (C=O) groups excluding carboxylic acids is 1. The van der Waals surface area contributed by atoms with Crippen molar-refractivity contribution in [1.29, 1.82) is 0 Å². The molecule has 0 atom stereocenters. The van der Waals surface area contributed by atoms with Crippen LogP contribution in [0.1, 0.15) is 16.7 Å². The second kappa shape index (κ2) is 9.92. The van der Waals surface area contributed by atoms with E-state index in [9.17, 15) is 4.79 Å². The number of rotatable bonds is 7. The molecule has 7 heteroatoms. The molecule has 0 aliphatic heterocycles. The van der Waals surface area contributed by atoms with Crippen LogP contribution in [0.25, 0.3) is 17.1 Å². The first-order valence-corrected chi connectivity index (χ1v) is 11.6. The Bertz CT molecular complexity index is 1260. The molecule has 1 aromatic heterocycles. The lowest BCUT2D eigenvalue weighted by Gasteiger charge is -2.12. The monoisotopic (exact) mass is 458 g/mol. The quantitative estimate of drug-likeness (QED) is 0.365. The lowest BCUT2D eigenvalue weighted by atomic mass is 10.1. The van der Waals surface area contributed by atoms with Gasteiger partial charge in [-0.3, -0.25) is 9.36 Å². The van der Waals surface area contributed by atoms with Gasteiger partial charge in [-0.2, -0.15) is 0 Å². The van der Waals surface area contributed by atoms with Crippen LogP contribution >= 0.6 is 11.8 Å². The van der Waals surface area contributed by atoms with Crippen LogP contribution in [0.3, 0.4) is 0 Å². The summed E-state index contributed by atoms with van der Waals surface area (Å²) in [6.07, 6.45) is 0. The fraction of sp³-hybridized carbons (Fsp3) is 0.192. The minimum absolute atomic E-state index is 0.0850. The van der Waals surface area contributed by atoms with E-state index in [1.165, 1.54) is 17.3 Å². The minimum atomic E-state index is -0.0850. The molecular formula is C26H26N4O2S. The summed E-state index contributed by atoms with van der Waals surface area (Å²) in [4.78, 5) is 12.7. The molecule has 1 heterocycles. The summed E-state index contributed by atoms with van der Waals surface area (Å²) < 4.78 is 7.26. The number of nitrogens with zero attached hydrogens (tertiary/aromatic N) is 3. The van der Waals surface area contributed by atoms with Gasteiger partial charge in [-0.05, 0) is 74.4 Å². The zero-order valence-electron chi connectivity index (χ0n) is 19.1. The number of hydrogen-bond acceptors (Lipinski definition) is 5. The maximum absolute atomic E-state index is 12.7. The molecule has 168 valence electrons. The van der Waals surface area contributed by atoms with Crippen molar-refractivity contribution in [2.75, 3.05) is 18.2 Å². The lowest BCUT2D eigenvalue weighted by Crippen LogP contribution is -2.15. The Morgan fingerprint density at radius 1 is 0.970 bits per heavy atom. The van der Waals surface area contributed by atoms with Crippen LogP contribution in [0.5, 0.6) is 5.75 Å². The molecule has 33 heavy (non-hydrogen) atoms. The normalized spacial score (nSPS) is 10.8. The lowest BCUT2D eigenvalue weighted by molar-refractivity contribution is -0.113. The highest BCUT2D eigenvalue weighted by atomic mass is 32.2. The summed E-state index contributed by atoms with van der Waals surface area (Å²) in [5, 5.41) is 12.5. The predicted octanol–water partition coefficient (Wildman–Crippen LogP) is 5.60. The van der Waals surface area contributed by atoms with Gasteiger partial charge in [0.15, 0.2) is 11.0 Å². The van der Waals surface area contributed by atoms with Crippen molar-refractivity contribution in [3.8, 4) is 22.8 Å². The van der Waals surface area contributed by atoms with Crippen molar-refractivity contribution in [1.82, 2.24) is 14.8 Å². The van der Waals surface area contributed by atoms with E-state index >= 15 is 0 Å². The molecule has 4 rings (SSSR count). The van der Waals surface area contributed by atoms with Crippen LogP contribution in [-0.2, 0) is 4.79 Å². The molecule has 1 N–H and O–H groups in total. The third kappa shape index (κ3) is 5.09. The highest BCUT2D eigenvalue weighted by Crippen LogP contribution is 2.29. The maximum atomic E-state index is 12.7. The second-order valence-corrected chi connectivity index (χ2v) is 8.73. The molecule has 0 radical (unpaired) electrons. The van der Waals surface area contributed by atoms with Gasteiger partial charge in [0.25, 0.3) is 0 Å². The molecule has 0 bridgehead atoms. The molecule has 0 fully saturated rings. The molecule has 0 aliphatic carbocycles. The molecule has 0 aliphatic rings. The van der Waals surface area contributed by atoms with Gasteiger partial charge >= 0.3 is 0 Å². The number of aryl methyl sites for hydroxylation is 2. The van der Waals surface area contributed by atoms with Gasteiger partial charge < -0.3 is 10.1 Å². The van der Waals surface area contributed by atoms with Gasteiger partial charge in [0.05, 0.1) is 12.9 Å². The number of aromatic nitrogens is 3. The van der Waals surface area contributed by atoms with Gasteiger partial charge in [0.1, 0.15) is 5.75 Å². The van der Waals surface area contributed by atoms with Crippen molar-refractivity contribution in [3.63, 3.8) is 0 Å². The van der Waals surface area contributed by atoms with Crippen LogP contribution in [0.2, 0.25) is 0 Å². The molecule has 0 saturated carbocycles. The molecule has 0 saturated heterocycles. The second-order valence-electron chi connectivity index (χ2n) is 7.79. The van der Waals surface area contributed by atoms with Gasteiger partial charge in [-0.1, -0.05) is 41.6 Å². The van der Waals surface area contributed by atoms with E-state index in [-0.39, 0.29) is 11.7 Å². The Kier molecular flexibility index (Phi) is 6.79. The minimum Gasteiger partial charge on any atom is -0.497 e. The summed E-state index contributed by atoms with van der Waals surface area (Å²) in [6.45, 7) is 6.09. The van der Waals surface area contributed by atoms with Crippen LogP contribution in [0.4, 0.5) is 5.69 Å². The first kappa shape index (κ1) is 22.6. The zero-order valence-corrected chi connectivity index (χ0v) is 19.9. The molecule has 4 aromatic rings. The SMILES string of the molecule is COc1ccc(-c2nnc(SCC(=O)Nc3cccc(C)c3C)n2-c2ccc(C)cc2)cc1. The van der Waals surface area contributed by atoms with Crippen LogP contribution in [0.15, 0.2) is 71.9 Å². The molecule has 6 nitrogen and oxygen atoms in total. The van der Waals surface area contributed by atoms with E-state index < -0.39 is 0 Å². The van der Waals surface area contributed by atoms with Crippen LogP contribution in [0, 0.1) is 20.8 Å². The number of benzene rings is 3. The topological polar surface area (TPSA) is 69.0 Å². The summed E-state index contributed by atoms with van der Waals surface area (Å²) in [5.41, 5.74) is 6.06. The van der Waals surface area contributed by atoms with Gasteiger partial charge in [0, 0.05) is 16.9 Å². The van der Waals surface area contributed by atoms with E-state index in [0.717, 1.165) is 33.8 Å². The average molecular weight is 459 g/mol. The van der Waals surface area contributed by atoms with Crippen molar-refractivity contribution in [2.45, 2.75) is 25.9 Å². The first-order valence-electron chi connectivity index (χ1n) is 10.6. The van der Waals surface area contributed by atoms with Crippen molar-refractivity contribution >= 4 is 23.4 Å². The van der Waals surface area contributed by atoms with Gasteiger partial charge in [-0.25, -0.2) is 0 Å². The summed E-state index contributed by atoms with van der Waals surface area (Å²) in [7, 11) is 1.64. The molecule has 3 aromatic carbocycles. The largest absolute Gasteiger partial charge is 0.497 e. The number of thioether (sulfide) groups is 1. The smallest absolute Gasteiger partial charge is 0.234 e. The Morgan fingerprint density at radius 3 is 2.39 bits per heavy atom. The number of ether oxygens (including phenoxy) is 1. The van der Waals surface area contributed by atoms with E-state index in [2.05, 4.69) is 27.6 Å². The molecule has 0 unspecified atom stereocenters. The van der Waals surface area contributed by atoms with Gasteiger partial charge in [-0.15, -0.1) is 10.2 Å². The average Bonchev–Trinajstić information content (AvgIpc) is 3.25.